The van der Waals surface area contributed by atoms with Crippen LogP contribution in [0.1, 0.15) is 72.3 Å². The van der Waals surface area contributed by atoms with E-state index in [4.69, 9.17) is 34.2 Å². The number of nitrogens with two attached hydrogens (primary N) is 1. The van der Waals surface area contributed by atoms with Crippen molar-refractivity contribution in [3.8, 4) is 11.5 Å². The average Bonchev–Trinajstić information content (AvgIpc) is 3.77. The molecule has 0 radical (unpaired) electrons. The number of ether oxygens (including phenoxy) is 6. The van der Waals surface area contributed by atoms with Gasteiger partial charge in [-0.15, -0.1) is 20.2 Å². The van der Waals surface area contributed by atoms with Crippen LogP contribution < -0.4 is 25.8 Å². The summed E-state index contributed by atoms with van der Waals surface area (Å²) in [4.78, 5) is 70.0. The number of carbonyl (C=O) groups is 3. The zero-order chi connectivity index (χ0) is 43.3. The van der Waals surface area contributed by atoms with Crippen molar-refractivity contribution in [3.63, 3.8) is 0 Å². The standard InChI is InChI=1S/C38H61N5O15/c1-25(2)28(19-27-11-12-31(52-7)33(20-27)53-14-8-13-51-6)21-30(41-36(45)54-15-9-17-56-42(47)48)32(58-37(46)55-16-10-18-57-43(49)50)22-29(26(3)4)35(44)40-24-38(5)23-34(38)39/h11-12,20,23,25-26,28-30,32H,8-10,13-19,21-22,24,39H2,1-7H3,(H,40,44)(H,41,45). The number of hydrogen-bond acceptors (Lipinski definition) is 16. The molecular formula is C38H61N5O15. The lowest BCUT2D eigenvalue weighted by Gasteiger charge is -2.34. The average molecular weight is 828 g/mol. The number of alkyl carbamates (subject to hydrolysis) is 1. The highest BCUT2D eigenvalue weighted by Gasteiger charge is 2.40. The fourth-order valence-corrected chi connectivity index (χ4v) is 6.03. The number of benzene rings is 1. The van der Waals surface area contributed by atoms with Crippen molar-refractivity contribution in [2.75, 3.05) is 60.4 Å². The Morgan fingerprint density at radius 2 is 1.47 bits per heavy atom. The van der Waals surface area contributed by atoms with E-state index >= 15 is 0 Å². The summed E-state index contributed by atoms with van der Waals surface area (Å²) in [6, 6.07) is 4.66. The molecule has 0 aliphatic heterocycles. The summed E-state index contributed by atoms with van der Waals surface area (Å²) in [5.74, 6) is -0.326. The van der Waals surface area contributed by atoms with E-state index in [1.807, 2.05) is 58.9 Å². The molecule has 0 saturated heterocycles. The Balaban J connectivity index is 2.46. The Morgan fingerprint density at radius 1 is 0.845 bits per heavy atom. The van der Waals surface area contributed by atoms with E-state index in [1.165, 1.54) is 0 Å². The molecule has 5 unspecified atom stereocenters. The molecule has 20 heteroatoms. The van der Waals surface area contributed by atoms with Crippen molar-refractivity contribution in [1.29, 1.82) is 0 Å². The van der Waals surface area contributed by atoms with Gasteiger partial charge in [0.1, 0.15) is 6.10 Å². The molecule has 0 fully saturated rings. The molecule has 2 amide bonds. The van der Waals surface area contributed by atoms with Crippen LogP contribution in [0.25, 0.3) is 0 Å². The van der Waals surface area contributed by atoms with E-state index in [2.05, 4.69) is 20.3 Å². The highest BCUT2D eigenvalue weighted by Crippen LogP contribution is 2.39. The highest BCUT2D eigenvalue weighted by molar-refractivity contribution is 5.79. The molecule has 0 bridgehead atoms. The molecule has 1 aromatic rings. The van der Waals surface area contributed by atoms with Crippen LogP contribution in [0.4, 0.5) is 9.59 Å². The van der Waals surface area contributed by atoms with E-state index < -0.39 is 45.9 Å². The van der Waals surface area contributed by atoms with Gasteiger partial charge < -0.3 is 54.5 Å². The lowest BCUT2D eigenvalue weighted by molar-refractivity contribution is -0.757. The molecule has 5 atom stereocenters. The minimum absolute atomic E-state index is 0.00274. The van der Waals surface area contributed by atoms with Gasteiger partial charge in [0.2, 0.25) is 5.91 Å². The molecule has 0 heterocycles. The summed E-state index contributed by atoms with van der Waals surface area (Å²) in [6.07, 6.45) is 0.0520. The lowest BCUT2D eigenvalue weighted by Crippen LogP contribution is -2.49. The van der Waals surface area contributed by atoms with Gasteiger partial charge in [0.25, 0.3) is 10.2 Å². The second-order valence-electron chi connectivity index (χ2n) is 14.9. The van der Waals surface area contributed by atoms with Gasteiger partial charge in [-0.25, -0.2) is 9.59 Å². The van der Waals surface area contributed by atoms with Crippen LogP contribution >= 0.6 is 0 Å². The fourth-order valence-electron chi connectivity index (χ4n) is 6.03. The lowest BCUT2D eigenvalue weighted by atomic mass is 9.80. The van der Waals surface area contributed by atoms with E-state index in [9.17, 15) is 34.6 Å². The summed E-state index contributed by atoms with van der Waals surface area (Å²) < 4.78 is 33.1. The number of hydrogen-bond donors (Lipinski definition) is 3. The third-order valence-corrected chi connectivity index (χ3v) is 9.71. The quantitative estimate of drug-likeness (QED) is 0.0408. The van der Waals surface area contributed by atoms with Gasteiger partial charge in [-0.3, -0.25) is 4.79 Å². The van der Waals surface area contributed by atoms with Gasteiger partial charge in [-0.2, -0.15) is 0 Å². The largest absolute Gasteiger partial charge is 0.508 e. The Morgan fingerprint density at radius 3 is 2.02 bits per heavy atom. The topological polar surface area (TPSA) is 261 Å². The van der Waals surface area contributed by atoms with E-state index in [0.717, 1.165) is 5.56 Å². The maximum atomic E-state index is 13.7. The molecule has 20 nitrogen and oxygen atoms in total. The third-order valence-electron chi connectivity index (χ3n) is 9.71. The normalized spacial score (nSPS) is 16.5. The minimum Gasteiger partial charge on any atom is -0.493 e. The smallest absolute Gasteiger partial charge is 0.493 e. The van der Waals surface area contributed by atoms with Crippen molar-refractivity contribution in [2.24, 2.45) is 34.8 Å². The summed E-state index contributed by atoms with van der Waals surface area (Å²) in [5.41, 5.74) is 7.09. The molecule has 1 aromatic carbocycles. The van der Waals surface area contributed by atoms with Crippen molar-refractivity contribution >= 4 is 18.2 Å². The molecular weight excluding hydrogens is 766 g/mol. The molecule has 0 aromatic heterocycles. The first-order chi connectivity index (χ1) is 27.5. The summed E-state index contributed by atoms with van der Waals surface area (Å²) >= 11 is 0. The second kappa shape index (κ2) is 25.2. The van der Waals surface area contributed by atoms with Gasteiger partial charge in [0.05, 0.1) is 46.2 Å². The number of methoxy groups -OCH3 is 2. The number of amides is 2. The van der Waals surface area contributed by atoms with E-state index in [0.29, 0.717) is 43.3 Å². The molecule has 2 rings (SSSR count). The molecule has 0 spiro atoms. The van der Waals surface area contributed by atoms with Crippen molar-refractivity contribution in [3.05, 3.63) is 55.8 Å². The first-order valence-corrected chi connectivity index (χ1v) is 19.4. The Bertz CT molecular complexity index is 1510. The van der Waals surface area contributed by atoms with Crippen LogP contribution in [0.3, 0.4) is 0 Å². The number of rotatable bonds is 30. The zero-order valence-corrected chi connectivity index (χ0v) is 34.6. The van der Waals surface area contributed by atoms with E-state index in [-0.39, 0.29) is 82.3 Å². The van der Waals surface area contributed by atoms with Crippen LogP contribution in [0, 0.1) is 49.3 Å². The minimum atomic E-state index is -1.15. The van der Waals surface area contributed by atoms with Crippen molar-refractivity contribution < 1.29 is 62.7 Å². The maximum absolute atomic E-state index is 13.7. The fraction of sp³-hybridized carbons (Fsp3) is 0.711. The second-order valence-corrected chi connectivity index (χ2v) is 14.9. The van der Waals surface area contributed by atoms with Crippen LogP contribution in [-0.4, -0.2) is 101 Å². The predicted octanol–water partition coefficient (Wildman–Crippen LogP) is 4.77. The van der Waals surface area contributed by atoms with Crippen LogP contribution in [0.2, 0.25) is 0 Å². The first kappa shape index (κ1) is 48.9. The number of carbonyl (C=O) groups excluding carboxylic acids is 3. The molecule has 1 aliphatic carbocycles. The van der Waals surface area contributed by atoms with Crippen LogP contribution in [0.15, 0.2) is 30.0 Å². The highest BCUT2D eigenvalue weighted by atomic mass is 17.0. The van der Waals surface area contributed by atoms with Crippen LogP contribution in [-0.2, 0) is 39.8 Å². The number of nitrogens with one attached hydrogen (secondary N) is 2. The monoisotopic (exact) mass is 827 g/mol. The van der Waals surface area contributed by atoms with Gasteiger partial charge in [0.15, 0.2) is 11.5 Å². The zero-order valence-electron chi connectivity index (χ0n) is 34.6. The van der Waals surface area contributed by atoms with Crippen molar-refractivity contribution in [1.82, 2.24) is 10.6 Å². The Kier molecular flexibility index (Phi) is 21.2. The molecule has 0 saturated carbocycles. The summed E-state index contributed by atoms with van der Waals surface area (Å²) in [7, 11) is 3.16. The Hall–Kier alpha value is -5.27. The molecule has 58 heavy (non-hydrogen) atoms. The number of nitrogens with zero attached hydrogens (tertiary/aromatic N) is 2. The van der Waals surface area contributed by atoms with Crippen molar-refractivity contribution in [2.45, 2.75) is 85.3 Å². The van der Waals surface area contributed by atoms with E-state index in [1.54, 1.807) is 14.2 Å². The SMILES string of the molecule is COCCCOc1cc(CC(CC(NC(=O)OCCCO[N+](=O)[O-])C(CC(C(=O)NCC2(C)C=C2N)C(C)C)OC(=O)OCCCO[N+](=O)[O-])C(C)C)ccc1OC. The molecule has 328 valence electrons. The molecule has 1 aliphatic rings. The maximum Gasteiger partial charge on any atom is 0.508 e. The Labute approximate surface area is 338 Å². The predicted molar refractivity (Wildman–Crippen MR) is 208 cm³/mol. The molecule has 4 N–H and O–H groups in total. The van der Waals surface area contributed by atoms with Gasteiger partial charge >= 0.3 is 12.2 Å². The summed E-state index contributed by atoms with van der Waals surface area (Å²) in [5, 5.41) is 25.0. The van der Waals surface area contributed by atoms with Crippen LogP contribution in [0.5, 0.6) is 11.5 Å². The van der Waals surface area contributed by atoms with Gasteiger partial charge in [-0.05, 0) is 61.6 Å². The van der Waals surface area contributed by atoms with Gasteiger partial charge in [0, 0.05) is 56.6 Å². The van der Waals surface area contributed by atoms with Gasteiger partial charge in [-0.1, -0.05) is 39.8 Å². The summed E-state index contributed by atoms with van der Waals surface area (Å²) in [6.45, 7) is 9.71. The third kappa shape index (κ3) is 18.3. The first-order valence-electron chi connectivity index (χ1n) is 19.4.